The Morgan fingerprint density at radius 3 is 2.50 bits per heavy atom. The molecule has 2 N–H and O–H groups in total. The third kappa shape index (κ3) is 3.17. The Labute approximate surface area is 128 Å². The van der Waals surface area contributed by atoms with Crippen molar-refractivity contribution in [2.45, 2.75) is 26.8 Å². The number of carbonyl (C=O) groups excluding carboxylic acids is 1. The lowest BCUT2D eigenvalue weighted by Gasteiger charge is -2.14. The van der Waals surface area contributed by atoms with Gasteiger partial charge in [0.25, 0.3) is 11.5 Å². The van der Waals surface area contributed by atoms with Gasteiger partial charge in [-0.3, -0.25) is 9.59 Å². The van der Waals surface area contributed by atoms with E-state index in [1.807, 2.05) is 20.8 Å². The van der Waals surface area contributed by atoms with Crippen LogP contribution in [0.5, 0.6) is 0 Å². The molecular formula is C16H21N3O3. The predicted molar refractivity (Wildman–Crippen MR) is 85.0 cm³/mol. The van der Waals surface area contributed by atoms with Crippen molar-refractivity contribution in [2.24, 2.45) is 5.92 Å². The molecule has 118 valence electrons. The van der Waals surface area contributed by atoms with Crippen molar-refractivity contribution in [1.29, 1.82) is 0 Å². The van der Waals surface area contributed by atoms with Gasteiger partial charge in [0.05, 0.1) is 11.4 Å². The van der Waals surface area contributed by atoms with Crippen LogP contribution in [0.2, 0.25) is 0 Å². The van der Waals surface area contributed by atoms with Crippen LogP contribution >= 0.6 is 0 Å². The molecule has 1 amide bonds. The number of rotatable bonds is 5. The van der Waals surface area contributed by atoms with Crippen molar-refractivity contribution in [3.63, 3.8) is 0 Å². The highest BCUT2D eigenvalue weighted by atomic mass is 16.3. The molecule has 1 aromatic heterocycles. The van der Waals surface area contributed by atoms with E-state index in [4.69, 9.17) is 5.11 Å². The van der Waals surface area contributed by atoms with Crippen molar-refractivity contribution >= 4 is 16.7 Å². The third-order valence-electron chi connectivity index (χ3n) is 3.46. The summed E-state index contributed by atoms with van der Waals surface area (Å²) in [7, 11) is 0. The normalized spacial score (nSPS) is 12.6. The SMILES string of the molecule is CC(CO)CNC(=O)c1nn(C(C)C)c(=O)c2ccccc12. The number of fused-ring (bicyclic) bond motifs is 1. The van der Waals surface area contributed by atoms with Gasteiger partial charge in [0.15, 0.2) is 5.69 Å². The number of hydrogen-bond acceptors (Lipinski definition) is 4. The van der Waals surface area contributed by atoms with E-state index < -0.39 is 0 Å². The molecule has 0 bridgehead atoms. The Morgan fingerprint density at radius 1 is 1.27 bits per heavy atom. The maximum Gasteiger partial charge on any atom is 0.274 e. The summed E-state index contributed by atoms with van der Waals surface area (Å²) in [6, 6.07) is 6.82. The van der Waals surface area contributed by atoms with Crippen LogP contribution in [0, 0.1) is 5.92 Å². The minimum Gasteiger partial charge on any atom is -0.396 e. The fourth-order valence-electron chi connectivity index (χ4n) is 2.14. The average molecular weight is 303 g/mol. The highest BCUT2D eigenvalue weighted by molar-refractivity contribution is 6.04. The van der Waals surface area contributed by atoms with E-state index in [1.165, 1.54) is 4.68 Å². The lowest BCUT2D eigenvalue weighted by molar-refractivity contribution is 0.0936. The van der Waals surface area contributed by atoms with Gasteiger partial charge < -0.3 is 10.4 Å². The molecule has 0 spiro atoms. The van der Waals surface area contributed by atoms with E-state index >= 15 is 0 Å². The molecule has 22 heavy (non-hydrogen) atoms. The van der Waals surface area contributed by atoms with Gasteiger partial charge in [0, 0.05) is 18.5 Å². The molecule has 1 atom stereocenters. The Kier molecular flexibility index (Phi) is 4.92. The monoisotopic (exact) mass is 303 g/mol. The van der Waals surface area contributed by atoms with Gasteiger partial charge >= 0.3 is 0 Å². The zero-order valence-corrected chi connectivity index (χ0v) is 13.0. The van der Waals surface area contributed by atoms with Gasteiger partial charge in [0.1, 0.15) is 0 Å². The fraction of sp³-hybridized carbons (Fsp3) is 0.438. The molecule has 1 heterocycles. The second-order valence-corrected chi connectivity index (χ2v) is 5.74. The van der Waals surface area contributed by atoms with Crippen molar-refractivity contribution in [2.75, 3.05) is 13.2 Å². The molecule has 0 saturated carbocycles. The van der Waals surface area contributed by atoms with Gasteiger partial charge in [-0.2, -0.15) is 5.10 Å². The molecule has 2 rings (SSSR count). The van der Waals surface area contributed by atoms with Crippen LogP contribution in [0.3, 0.4) is 0 Å². The first-order valence-corrected chi connectivity index (χ1v) is 7.36. The lowest BCUT2D eigenvalue weighted by Crippen LogP contribution is -2.34. The van der Waals surface area contributed by atoms with E-state index in [-0.39, 0.29) is 35.7 Å². The summed E-state index contributed by atoms with van der Waals surface area (Å²) in [6.45, 7) is 5.88. The summed E-state index contributed by atoms with van der Waals surface area (Å²) >= 11 is 0. The number of aromatic nitrogens is 2. The van der Waals surface area contributed by atoms with E-state index in [1.54, 1.807) is 24.3 Å². The molecule has 2 aromatic rings. The number of amides is 1. The highest BCUT2D eigenvalue weighted by Crippen LogP contribution is 2.14. The number of nitrogens with one attached hydrogen (secondary N) is 1. The van der Waals surface area contributed by atoms with Gasteiger partial charge in [-0.05, 0) is 25.8 Å². The van der Waals surface area contributed by atoms with Gasteiger partial charge in [-0.1, -0.05) is 25.1 Å². The smallest absolute Gasteiger partial charge is 0.274 e. The second kappa shape index (κ2) is 6.70. The first kappa shape index (κ1) is 16.2. The number of benzene rings is 1. The van der Waals surface area contributed by atoms with Crippen molar-refractivity contribution in [3.05, 3.63) is 40.3 Å². The number of aliphatic hydroxyl groups is 1. The van der Waals surface area contributed by atoms with Crippen molar-refractivity contribution in [1.82, 2.24) is 15.1 Å². The van der Waals surface area contributed by atoms with Crippen LogP contribution < -0.4 is 10.9 Å². The maximum absolute atomic E-state index is 12.4. The fourth-order valence-corrected chi connectivity index (χ4v) is 2.14. The molecule has 6 nitrogen and oxygen atoms in total. The zero-order valence-electron chi connectivity index (χ0n) is 13.0. The van der Waals surface area contributed by atoms with Crippen LogP contribution in [-0.4, -0.2) is 33.9 Å². The Bertz CT molecular complexity index is 737. The molecule has 0 aliphatic rings. The number of carbonyl (C=O) groups is 1. The molecule has 1 aromatic carbocycles. The largest absolute Gasteiger partial charge is 0.396 e. The van der Waals surface area contributed by atoms with E-state index in [0.717, 1.165) is 0 Å². The van der Waals surface area contributed by atoms with Gasteiger partial charge in [-0.25, -0.2) is 4.68 Å². The summed E-state index contributed by atoms with van der Waals surface area (Å²) in [5.74, 6) is -0.378. The summed E-state index contributed by atoms with van der Waals surface area (Å²) in [5.41, 5.74) is 0.0277. The zero-order chi connectivity index (χ0) is 16.3. The quantitative estimate of drug-likeness (QED) is 0.873. The third-order valence-corrected chi connectivity index (χ3v) is 3.46. The maximum atomic E-state index is 12.4. The topological polar surface area (TPSA) is 84.2 Å². The van der Waals surface area contributed by atoms with Crippen LogP contribution in [0.15, 0.2) is 29.1 Å². The Morgan fingerprint density at radius 2 is 1.91 bits per heavy atom. The molecule has 6 heteroatoms. The van der Waals surface area contributed by atoms with E-state index in [0.29, 0.717) is 17.3 Å². The summed E-state index contributed by atoms with van der Waals surface area (Å²) < 4.78 is 1.33. The van der Waals surface area contributed by atoms with Crippen LogP contribution in [0.25, 0.3) is 10.8 Å². The molecule has 0 saturated heterocycles. The van der Waals surface area contributed by atoms with Crippen LogP contribution in [0.1, 0.15) is 37.3 Å². The second-order valence-electron chi connectivity index (χ2n) is 5.74. The predicted octanol–water partition coefficient (Wildman–Crippen LogP) is 1.34. The molecule has 0 radical (unpaired) electrons. The molecule has 0 aliphatic heterocycles. The van der Waals surface area contributed by atoms with Crippen LogP contribution in [-0.2, 0) is 0 Å². The Hall–Kier alpha value is -2.21. The highest BCUT2D eigenvalue weighted by Gasteiger charge is 2.17. The molecular weight excluding hydrogens is 282 g/mol. The summed E-state index contributed by atoms with van der Waals surface area (Å²) in [5, 5.41) is 17.0. The Balaban J connectivity index is 2.50. The average Bonchev–Trinajstić information content (AvgIpc) is 2.52. The summed E-state index contributed by atoms with van der Waals surface area (Å²) in [4.78, 5) is 24.8. The standard InChI is InChI=1S/C16H21N3O3/c1-10(2)19-16(22)13-7-5-4-6-12(13)14(18-19)15(21)17-8-11(3)9-20/h4-7,10-11,20H,8-9H2,1-3H3,(H,17,21). The lowest BCUT2D eigenvalue weighted by atomic mass is 10.1. The van der Waals surface area contributed by atoms with Crippen LogP contribution in [0.4, 0.5) is 0 Å². The minimum atomic E-state index is -0.342. The first-order chi connectivity index (χ1) is 10.5. The number of nitrogens with zero attached hydrogens (tertiary/aromatic N) is 2. The molecule has 0 aliphatic carbocycles. The van der Waals surface area contributed by atoms with E-state index in [9.17, 15) is 9.59 Å². The molecule has 0 fully saturated rings. The van der Waals surface area contributed by atoms with E-state index in [2.05, 4.69) is 10.4 Å². The summed E-state index contributed by atoms with van der Waals surface area (Å²) in [6.07, 6.45) is 0. The van der Waals surface area contributed by atoms with Crippen molar-refractivity contribution in [3.8, 4) is 0 Å². The number of hydrogen-bond donors (Lipinski definition) is 2. The molecule has 1 unspecified atom stereocenters. The number of aliphatic hydroxyl groups excluding tert-OH is 1. The van der Waals surface area contributed by atoms with Gasteiger partial charge in [0.2, 0.25) is 0 Å². The van der Waals surface area contributed by atoms with Crippen molar-refractivity contribution < 1.29 is 9.90 Å². The van der Waals surface area contributed by atoms with Gasteiger partial charge in [-0.15, -0.1) is 0 Å². The minimum absolute atomic E-state index is 0.0000514. The first-order valence-electron chi connectivity index (χ1n) is 7.36.